The van der Waals surface area contributed by atoms with Gasteiger partial charge in [-0.1, -0.05) is 31.6 Å². The van der Waals surface area contributed by atoms with Crippen molar-refractivity contribution in [3.8, 4) is 0 Å². The minimum Gasteiger partial charge on any atom is -0.477 e. The van der Waals surface area contributed by atoms with Gasteiger partial charge in [0.25, 0.3) is 0 Å². The van der Waals surface area contributed by atoms with Gasteiger partial charge in [0.1, 0.15) is 4.88 Å². The third-order valence-electron chi connectivity index (χ3n) is 3.58. The summed E-state index contributed by atoms with van der Waals surface area (Å²) >= 11 is 1.33. The van der Waals surface area contributed by atoms with Gasteiger partial charge in [0.05, 0.1) is 5.69 Å². The van der Waals surface area contributed by atoms with Crippen LogP contribution < -0.4 is 4.90 Å². The molecular weight excluding hydrogens is 248 g/mol. The number of nitrogens with zero attached hydrogens (tertiary/aromatic N) is 2. The minimum absolute atomic E-state index is 0.408. The first-order valence-electron chi connectivity index (χ1n) is 6.63. The van der Waals surface area contributed by atoms with Crippen LogP contribution in [0.5, 0.6) is 0 Å². The molecule has 0 spiro atoms. The largest absolute Gasteiger partial charge is 0.477 e. The summed E-state index contributed by atoms with van der Waals surface area (Å²) in [5.41, 5.74) is 0.723. The molecule has 4 nitrogen and oxygen atoms in total. The summed E-state index contributed by atoms with van der Waals surface area (Å²) in [6, 6.07) is 0. The molecule has 5 heteroatoms. The maximum atomic E-state index is 11.1. The molecule has 2 rings (SSSR count). The zero-order valence-electron chi connectivity index (χ0n) is 11.0. The highest BCUT2D eigenvalue weighted by Crippen LogP contribution is 2.30. The molecule has 1 unspecified atom stereocenters. The Morgan fingerprint density at radius 1 is 1.56 bits per heavy atom. The number of hydrogen-bond donors (Lipinski definition) is 1. The summed E-state index contributed by atoms with van der Waals surface area (Å²) in [7, 11) is 0. The summed E-state index contributed by atoms with van der Waals surface area (Å²) in [5.74, 6) is -0.124. The zero-order chi connectivity index (χ0) is 13.1. The molecule has 1 saturated heterocycles. The number of carboxylic acid groups (broad SMARTS) is 1. The van der Waals surface area contributed by atoms with Crippen molar-refractivity contribution >= 4 is 22.4 Å². The van der Waals surface area contributed by atoms with Crippen LogP contribution in [0.25, 0.3) is 0 Å². The van der Waals surface area contributed by atoms with Crippen molar-refractivity contribution in [1.29, 1.82) is 0 Å². The monoisotopic (exact) mass is 268 g/mol. The predicted octanol–water partition coefficient (Wildman–Crippen LogP) is 3.03. The Kier molecular flexibility index (Phi) is 4.22. The van der Waals surface area contributed by atoms with E-state index in [1.54, 1.807) is 0 Å². The van der Waals surface area contributed by atoms with Crippen molar-refractivity contribution in [3.63, 3.8) is 0 Å². The maximum Gasteiger partial charge on any atom is 0.347 e. The molecular formula is C13H20N2O2S. The van der Waals surface area contributed by atoms with Crippen molar-refractivity contribution < 1.29 is 9.90 Å². The highest BCUT2D eigenvalue weighted by atomic mass is 32.1. The number of thiazole rings is 1. The SMILES string of the molecule is CCc1nc(N2CCCC(CC)C2)sc1C(=O)O. The number of piperidine rings is 1. The van der Waals surface area contributed by atoms with Crippen LogP contribution in [0.1, 0.15) is 48.5 Å². The number of aryl methyl sites for hydroxylation is 1. The Morgan fingerprint density at radius 3 is 2.89 bits per heavy atom. The van der Waals surface area contributed by atoms with Crippen LogP contribution >= 0.6 is 11.3 Å². The molecule has 1 aliphatic rings. The van der Waals surface area contributed by atoms with E-state index in [0.29, 0.717) is 11.3 Å². The summed E-state index contributed by atoms with van der Waals surface area (Å²) in [6.07, 6.45) is 4.34. The molecule has 1 aromatic rings. The standard InChI is InChI=1S/C13H20N2O2S/c1-3-9-6-5-7-15(8-9)13-14-10(4-2)11(18-13)12(16)17/h9H,3-8H2,1-2H3,(H,16,17). The Labute approximate surface area is 112 Å². The summed E-state index contributed by atoms with van der Waals surface area (Å²) in [4.78, 5) is 18.3. The minimum atomic E-state index is -0.848. The number of carbonyl (C=O) groups is 1. The van der Waals surface area contributed by atoms with Crippen molar-refractivity contribution in [2.75, 3.05) is 18.0 Å². The first kappa shape index (κ1) is 13.3. The lowest BCUT2D eigenvalue weighted by Gasteiger charge is -2.31. The fraction of sp³-hybridized carbons (Fsp3) is 0.692. The number of aromatic carboxylic acids is 1. The molecule has 1 atom stereocenters. The van der Waals surface area contributed by atoms with Gasteiger partial charge in [-0.2, -0.15) is 0 Å². The molecule has 1 N–H and O–H groups in total. The first-order chi connectivity index (χ1) is 8.65. The highest BCUT2D eigenvalue weighted by Gasteiger charge is 2.24. The lowest BCUT2D eigenvalue weighted by Crippen LogP contribution is -2.35. The molecule has 18 heavy (non-hydrogen) atoms. The van der Waals surface area contributed by atoms with Gasteiger partial charge in [0.15, 0.2) is 5.13 Å². The molecule has 2 heterocycles. The van der Waals surface area contributed by atoms with Crippen LogP contribution in [0, 0.1) is 5.92 Å². The lowest BCUT2D eigenvalue weighted by molar-refractivity contribution is 0.0701. The predicted molar refractivity (Wildman–Crippen MR) is 73.7 cm³/mol. The zero-order valence-corrected chi connectivity index (χ0v) is 11.8. The molecule has 0 amide bonds. The van der Waals surface area contributed by atoms with Crippen LogP contribution in [0.3, 0.4) is 0 Å². The van der Waals surface area contributed by atoms with Crippen LogP contribution in [-0.4, -0.2) is 29.1 Å². The fourth-order valence-electron chi connectivity index (χ4n) is 2.45. The number of carboxylic acids is 1. The Bertz CT molecular complexity index is 431. The van der Waals surface area contributed by atoms with E-state index in [1.165, 1.54) is 30.6 Å². The lowest BCUT2D eigenvalue weighted by atomic mass is 9.96. The smallest absolute Gasteiger partial charge is 0.347 e. The van der Waals surface area contributed by atoms with Gasteiger partial charge in [-0.25, -0.2) is 9.78 Å². The Balaban J connectivity index is 2.20. The highest BCUT2D eigenvalue weighted by molar-refractivity contribution is 7.17. The van der Waals surface area contributed by atoms with Crippen molar-refractivity contribution in [2.45, 2.75) is 39.5 Å². The molecule has 0 aromatic carbocycles. The van der Waals surface area contributed by atoms with E-state index in [9.17, 15) is 4.79 Å². The summed E-state index contributed by atoms with van der Waals surface area (Å²) in [5, 5.41) is 10.0. The molecule has 100 valence electrons. The summed E-state index contributed by atoms with van der Waals surface area (Å²) < 4.78 is 0. The second-order valence-corrected chi connectivity index (χ2v) is 5.77. The summed E-state index contributed by atoms with van der Waals surface area (Å²) in [6.45, 7) is 6.20. The van der Waals surface area contributed by atoms with E-state index in [0.717, 1.165) is 29.8 Å². The molecule has 0 radical (unpaired) electrons. The molecule has 1 aliphatic heterocycles. The van der Waals surface area contributed by atoms with Gasteiger partial charge in [-0.05, 0) is 25.2 Å². The average molecular weight is 268 g/mol. The molecule has 0 saturated carbocycles. The van der Waals surface area contributed by atoms with Crippen molar-refractivity contribution in [2.24, 2.45) is 5.92 Å². The Hall–Kier alpha value is -1.10. The van der Waals surface area contributed by atoms with Crippen molar-refractivity contribution in [3.05, 3.63) is 10.6 Å². The second-order valence-electron chi connectivity index (χ2n) is 4.79. The normalized spacial score (nSPS) is 20.1. The molecule has 1 aromatic heterocycles. The van der Waals surface area contributed by atoms with E-state index in [1.807, 2.05) is 6.92 Å². The van der Waals surface area contributed by atoms with Gasteiger partial charge in [-0.3, -0.25) is 0 Å². The topological polar surface area (TPSA) is 53.4 Å². The van der Waals surface area contributed by atoms with E-state index in [-0.39, 0.29) is 0 Å². The van der Waals surface area contributed by atoms with Crippen LogP contribution in [0.2, 0.25) is 0 Å². The van der Waals surface area contributed by atoms with Crippen LogP contribution in [0.15, 0.2) is 0 Å². The number of anilines is 1. The Morgan fingerprint density at radius 2 is 2.33 bits per heavy atom. The first-order valence-corrected chi connectivity index (χ1v) is 7.45. The average Bonchev–Trinajstić information content (AvgIpc) is 2.83. The third-order valence-corrected chi connectivity index (χ3v) is 4.73. The second kappa shape index (κ2) is 5.69. The van der Waals surface area contributed by atoms with Crippen LogP contribution in [-0.2, 0) is 6.42 Å². The molecule has 0 aliphatic carbocycles. The van der Waals surface area contributed by atoms with E-state index < -0.39 is 5.97 Å². The number of aromatic nitrogens is 1. The quantitative estimate of drug-likeness (QED) is 0.912. The maximum absolute atomic E-state index is 11.1. The number of hydrogen-bond acceptors (Lipinski definition) is 4. The third kappa shape index (κ3) is 2.66. The molecule has 1 fully saturated rings. The van der Waals surface area contributed by atoms with Gasteiger partial charge in [0, 0.05) is 13.1 Å². The number of rotatable bonds is 4. The van der Waals surface area contributed by atoms with E-state index >= 15 is 0 Å². The van der Waals surface area contributed by atoms with Gasteiger partial charge >= 0.3 is 5.97 Å². The molecule has 0 bridgehead atoms. The van der Waals surface area contributed by atoms with Crippen molar-refractivity contribution in [1.82, 2.24) is 4.98 Å². The van der Waals surface area contributed by atoms with Crippen LogP contribution in [0.4, 0.5) is 5.13 Å². The van der Waals surface area contributed by atoms with E-state index in [4.69, 9.17) is 5.11 Å². The van der Waals surface area contributed by atoms with Gasteiger partial charge in [-0.15, -0.1) is 0 Å². The van der Waals surface area contributed by atoms with E-state index in [2.05, 4.69) is 16.8 Å². The van der Waals surface area contributed by atoms with Gasteiger partial charge in [0.2, 0.25) is 0 Å². The van der Waals surface area contributed by atoms with Gasteiger partial charge < -0.3 is 10.0 Å². The fourth-order valence-corrected chi connectivity index (χ4v) is 3.48.